The summed E-state index contributed by atoms with van der Waals surface area (Å²) in [5.41, 5.74) is 1.66. The number of carbonyl (C=O) groups is 2. The fourth-order valence-electron chi connectivity index (χ4n) is 3.29. The highest BCUT2D eigenvalue weighted by molar-refractivity contribution is 6.30. The second kappa shape index (κ2) is 8.97. The van der Waals surface area contributed by atoms with Gasteiger partial charge in [-0.2, -0.15) is 0 Å². The van der Waals surface area contributed by atoms with Crippen LogP contribution in [0.25, 0.3) is 0 Å². The van der Waals surface area contributed by atoms with Crippen LogP contribution in [0.5, 0.6) is 11.5 Å². The van der Waals surface area contributed by atoms with Gasteiger partial charge in [-0.1, -0.05) is 17.7 Å². The summed E-state index contributed by atoms with van der Waals surface area (Å²) in [6, 6.07) is 12.6. The number of anilines is 1. The molecule has 1 saturated heterocycles. The summed E-state index contributed by atoms with van der Waals surface area (Å²) < 4.78 is 10.5. The number of nitrogens with zero attached hydrogens (tertiary/aromatic N) is 1. The van der Waals surface area contributed by atoms with E-state index >= 15 is 0 Å². The van der Waals surface area contributed by atoms with E-state index in [1.165, 1.54) is 0 Å². The van der Waals surface area contributed by atoms with Gasteiger partial charge in [0.15, 0.2) is 11.5 Å². The van der Waals surface area contributed by atoms with Crippen LogP contribution in [0, 0.1) is 5.92 Å². The van der Waals surface area contributed by atoms with Crippen LogP contribution < -0.4 is 19.7 Å². The van der Waals surface area contributed by atoms with Gasteiger partial charge in [-0.05, 0) is 42.0 Å². The van der Waals surface area contributed by atoms with Crippen molar-refractivity contribution in [2.75, 3.05) is 32.2 Å². The summed E-state index contributed by atoms with van der Waals surface area (Å²) in [6.45, 7) is 1.04. The van der Waals surface area contributed by atoms with Crippen molar-refractivity contribution in [3.05, 3.63) is 53.1 Å². The number of nitrogens with one attached hydrogen (secondary N) is 1. The second-order valence-corrected chi connectivity index (χ2v) is 7.16. The van der Waals surface area contributed by atoms with E-state index in [0.29, 0.717) is 36.0 Å². The molecule has 0 aromatic heterocycles. The molecule has 1 unspecified atom stereocenters. The average molecular weight is 403 g/mol. The van der Waals surface area contributed by atoms with E-state index in [1.807, 2.05) is 18.2 Å². The van der Waals surface area contributed by atoms with Gasteiger partial charge in [0.2, 0.25) is 11.8 Å². The van der Waals surface area contributed by atoms with Crippen LogP contribution in [0.3, 0.4) is 0 Å². The minimum Gasteiger partial charge on any atom is -0.493 e. The Hall–Kier alpha value is -2.73. The minimum atomic E-state index is -0.0930. The summed E-state index contributed by atoms with van der Waals surface area (Å²) in [5, 5.41) is 3.56. The van der Waals surface area contributed by atoms with Gasteiger partial charge in [0.25, 0.3) is 0 Å². The van der Waals surface area contributed by atoms with E-state index in [4.69, 9.17) is 21.1 Å². The molecule has 0 saturated carbocycles. The van der Waals surface area contributed by atoms with Gasteiger partial charge < -0.3 is 19.7 Å². The monoisotopic (exact) mass is 402 g/mol. The first-order valence-electron chi connectivity index (χ1n) is 9.03. The minimum absolute atomic E-state index is 0.0569. The molecule has 1 aliphatic rings. The van der Waals surface area contributed by atoms with E-state index in [1.54, 1.807) is 43.4 Å². The molecule has 0 aliphatic carbocycles. The smallest absolute Gasteiger partial charge is 0.227 e. The van der Waals surface area contributed by atoms with Gasteiger partial charge in [0.1, 0.15) is 0 Å². The van der Waals surface area contributed by atoms with Gasteiger partial charge in [-0.15, -0.1) is 0 Å². The maximum Gasteiger partial charge on any atom is 0.227 e. The fraction of sp³-hybridized carbons (Fsp3) is 0.333. The van der Waals surface area contributed by atoms with E-state index in [9.17, 15) is 9.59 Å². The molecule has 3 rings (SSSR count). The standard InChI is InChI=1S/C21H23ClN2O4/c1-27-18-8-3-14(9-19(18)28-2)10-20(25)23-12-15-11-21(26)24(13-15)17-6-4-16(22)5-7-17/h3-9,15H,10-13H2,1-2H3,(H,23,25). The van der Waals surface area contributed by atoms with Crippen molar-refractivity contribution in [3.8, 4) is 11.5 Å². The van der Waals surface area contributed by atoms with Crippen LogP contribution in [0.2, 0.25) is 5.02 Å². The lowest BCUT2D eigenvalue weighted by atomic mass is 10.1. The maximum atomic E-state index is 12.3. The number of hydrogen-bond acceptors (Lipinski definition) is 4. The molecule has 0 spiro atoms. The predicted molar refractivity (Wildman–Crippen MR) is 108 cm³/mol. The Bertz CT molecular complexity index is 854. The van der Waals surface area contributed by atoms with Crippen LogP contribution in [0.4, 0.5) is 5.69 Å². The highest BCUT2D eigenvalue weighted by Crippen LogP contribution is 2.28. The third kappa shape index (κ3) is 4.75. The predicted octanol–water partition coefficient (Wildman–Crippen LogP) is 3.07. The zero-order valence-electron chi connectivity index (χ0n) is 15.9. The first-order valence-corrected chi connectivity index (χ1v) is 9.41. The Balaban J connectivity index is 1.52. The van der Waals surface area contributed by atoms with Crippen LogP contribution >= 0.6 is 11.6 Å². The second-order valence-electron chi connectivity index (χ2n) is 6.72. The average Bonchev–Trinajstić information content (AvgIpc) is 3.07. The molecule has 2 aromatic carbocycles. The normalized spacial score (nSPS) is 16.2. The van der Waals surface area contributed by atoms with Gasteiger partial charge in [0.05, 0.1) is 20.6 Å². The van der Waals surface area contributed by atoms with Gasteiger partial charge in [0, 0.05) is 36.1 Å². The third-order valence-corrected chi connectivity index (χ3v) is 5.00. The molecule has 0 radical (unpaired) electrons. The molecule has 1 heterocycles. The quantitative estimate of drug-likeness (QED) is 0.772. The number of carbonyl (C=O) groups excluding carboxylic acids is 2. The maximum absolute atomic E-state index is 12.3. The van der Waals surface area contributed by atoms with E-state index in [0.717, 1.165) is 11.3 Å². The molecule has 1 atom stereocenters. The lowest BCUT2D eigenvalue weighted by Crippen LogP contribution is -2.32. The van der Waals surface area contributed by atoms with E-state index in [-0.39, 0.29) is 24.2 Å². The number of amides is 2. The Morgan fingerprint density at radius 1 is 1.14 bits per heavy atom. The SMILES string of the molecule is COc1ccc(CC(=O)NCC2CC(=O)N(c3ccc(Cl)cc3)C2)cc1OC. The third-order valence-electron chi connectivity index (χ3n) is 4.74. The molecule has 1 fully saturated rings. The first-order chi connectivity index (χ1) is 13.5. The lowest BCUT2D eigenvalue weighted by Gasteiger charge is -2.17. The molecule has 6 nitrogen and oxygen atoms in total. The summed E-state index contributed by atoms with van der Waals surface area (Å²) in [7, 11) is 3.13. The fourth-order valence-corrected chi connectivity index (χ4v) is 3.41. The molecule has 148 valence electrons. The Morgan fingerprint density at radius 2 is 1.86 bits per heavy atom. The molecule has 1 aliphatic heterocycles. The van der Waals surface area contributed by atoms with Crippen LogP contribution in [0.15, 0.2) is 42.5 Å². The van der Waals surface area contributed by atoms with Gasteiger partial charge in [-0.25, -0.2) is 0 Å². The van der Waals surface area contributed by atoms with Crippen molar-refractivity contribution in [1.29, 1.82) is 0 Å². The molecule has 2 aromatic rings. The zero-order chi connectivity index (χ0) is 20.1. The van der Waals surface area contributed by atoms with Crippen molar-refractivity contribution in [3.63, 3.8) is 0 Å². The van der Waals surface area contributed by atoms with Crippen molar-refractivity contribution < 1.29 is 19.1 Å². The number of benzene rings is 2. The number of methoxy groups -OCH3 is 2. The Labute approximate surface area is 169 Å². The van der Waals surface area contributed by atoms with Crippen molar-refractivity contribution >= 4 is 29.1 Å². The van der Waals surface area contributed by atoms with Crippen LogP contribution in [-0.4, -0.2) is 39.1 Å². The molecule has 1 N–H and O–H groups in total. The highest BCUT2D eigenvalue weighted by Gasteiger charge is 2.30. The van der Waals surface area contributed by atoms with Crippen LogP contribution in [-0.2, 0) is 16.0 Å². The molecular formula is C21H23ClN2O4. The summed E-state index contributed by atoms with van der Waals surface area (Å²) in [5.74, 6) is 1.26. The summed E-state index contributed by atoms with van der Waals surface area (Å²) in [4.78, 5) is 26.3. The molecular weight excluding hydrogens is 380 g/mol. The van der Waals surface area contributed by atoms with Crippen molar-refractivity contribution in [2.24, 2.45) is 5.92 Å². The summed E-state index contributed by atoms with van der Waals surface area (Å²) >= 11 is 5.90. The molecule has 2 amide bonds. The van der Waals surface area contributed by atoms with Gasteiger partial charge >= 0.3 is 0 Å². The molecule has 28 heavy (non-hydrogen) atoms. The van der Waals surface area contributed by atoms with Crippen molar-refractivity contribution in [1.82, 2.24) is 5.32 Å². The Kier molecular flexibility index (Phi) is 6.41. The van der Waals surface area contributed by atoms with Crippen molar-refractivity contribution in [2.45, 2.75) is 12.8 Å². The number of hydrogen-bond donors (Lipinski definition) is 1. The van der Waals surface area contributed by atoms with Crippen LogP contribution in [0.1, 0.15) is 12.0 Å². The molecule has 0 bridgehead atoms. The first kappa shape index (κ1) is 20.0. The lowest BCUT2D eigenvalue weighted by molar-refractivity contribution is -0.121. The number of rotatable bonds is 7. The summed E-state index contributed by atoms with van der Waals surface area (Å²) in [6.07, 6.45) is 0.654. The number of ether oxygens (including phenoxy) is 2. The largest absolute Gasteiger partial charge is 0.493 e. The number of halogens is 1. The van der Waals surface area contributed by atoms with E-state index < -0.39 is 0 Å². The topological polar surface area (TPSA) is 67.9 Å². The zero-order valence-corrected chi connectivity index (χ0v) is 16.7. The van der Waals surface area contributed by atoms with E-state index in [2.05, 4.69) is 5.32 Å². The highest BCUT2D eigenvalue weighted by atomic mass is 35.5. The Morgan fingerprint density at radius 3 is 2.54 bits per heavy atom. The van der Waals surface area contributed by atoms with Gasteiger partial charge in [-0.3, -0.25) is 9.59 Å². The molecule has 7 heteroatoms.